The highest BCUT2D eigenvalue weighted by atomic mass is 35.5. The lowest BCUT2D eigenvalue weighted by atomic mass is 10.2. The molecule has 10 heteroatoms. The summed E-state index contributed by atoms with van der Waals surface area (Å²) in [7, 11) is 0. The molecular formula is C17H15ClN2O6S. The predicted octanol–water partition coefficient (Wildman–Crippen LogP) is 3.84. The third-order valence-electron chi connectivity index (χ3n) is 3.43. The molecule has 0 fully saturated rings. The topological polar surface area (TPSA) is 116 Å². The molecule has 0 aliphatic rings. The van der Waals surface area contributed by atoms with E-state index < -0.39 is 22.9 Å². The van der Waals surface area contributed by atoms with Crippen molar-refractivity contribution in [1.29, 1.82) is 0 Å². The van der Waals surface area contributed by atoms with Crippen LogP contribution in [0.3, 0.4) is 0 Å². The van der Waals surface area contributed by atoms with Gasteiger partial charge in [0.05, 0.1) is 20.6 Å². The van der Waals surface area contributed by atoms with Gasteiger partial charge < -0.3 is 10.1 Å². The highest BCUT2D eigenvalue weighted by Crippen LogP contribution is 2.23. The molecule has 1 unspecified atom stereocenters. The molecule has 0 radical (unpaired) electrons. The minimum atomic E-state index is -1.08. The summed E-state index contributed by atoms with van der Waals surface area (Å²) in [5.41, 5.74) is 0.224. The van der Waals surface area contributed by atoms with Gasteiger partial charge in [-0.2, -0.15) is 0 Å². The zero-order chi connectivity index (χ0) is 20.0. The molecule has 1 N–H and O–H groups in total. The fourth-order valence-electron chi connectivity index (χ4n) is 2.02. The van der Waals surface area contributed by atoms with Crippen LogP contribution in [0, 0.1) is 10.1 Å². The fraction of sp³-hybridized carbons (Fsp3) is 0.235. The van der Waals surface area contributed by atoms with E-state index in [4.69, 9.17) is 16.3 Å². The summed E-state index contributed by atoms with van der Waals surface area (Å²) in [6.45, 7) is 1.39. The second kappa shape index (κ2) is 9.24. The van der Waals surface area contributed by atoms with Gasteiger partial charge in [0.1, 0.15) is 0 Å². The van der Waals surface area contributed by atoms with Crippen molar-refractivity contribution < 1.29 is 24.0 Å². The van der Waals surface area contributed by atoms with E-state index in [1.807, 2.05) is 0 Å². The third kappa shape index (κ3) is 6.15. The summed E-state index contributed by atoms with van der Waals surface area (Å²) in [6, 6.07) is 8.41. The standard InChI is InChI=1S/C17H15ClN2O6S/c1-10(17(23)19-11-2-4-12(5-3-11)20(24)25)26-16(22)9-6-13(21)14-7-8-15(18)27-14/h2-5,7-8,10H,6,9H2,1H3,(H,19,23). The van der Waals surface area contributed by atoms with Crippen LogP contribution >= 0.6 is 22.9 Å². The number of thiophene rings is 1. The molecule has 1 aromatic heterocycles. The lowest BCUT2D eigenvalue weighted by molar-refractivity contribution is -0.384. The maximum atomic E-state index is 12.0. The molecule has 2 aromatic rings. The number of esters is 1. The number of ketones is 1. The number of carbonyl (C=O) groups is 3. The van der Waals surface area contributed by atoms with E-state index in [2.05, 4.69) is 5.32 Å². The van der Waals surface area contributed by atoms with Crippen LogP contribution in [0.2, 0.25) is 4.34 Å². The van der Waals surface area contributed by atoms with Crippen molar-refractivity contribution in [3.8, 4) is 0 Å². The molecule has 0 saturated carbocycles. The Kier molecular flexibility index (Phi) is 7.03. The quantitative estimate of drug-likeness (QED) is 0.306. The number of rotatable bonds is 8. The molecule has 0 aliphatic carbocycles. The lowest BCUT2D eigenvalue weighted by Crippen LogP contribution is -2.30. The molecule has 1 amide bonds. The maximum Gasteiger partial charge on any atom is 0.307 e. The summed E-state index contributed by atoms with van der Waals surface area (Å²) in [4.78, 5) is 46.3. The molecule has 1 atom stereocenters. The van der Waals surface area contributed by atoms with Gasteiger partial charge in [0, 0.05) is 24.2 Å². The number of nitrogens with zero attached hydrogens (tertiary/aromatic N) is 1. The number of carbonyl (C=O) groups excluding carboxylic acids is 3. The van der Waals surface area contributed by atoms with Crippen molar-refractivity contribution in [3.05, 3.63) is 55.7 Å². The first-order valence-corrected chi connectivity index (χ1v) is 8.99. The zero-order valence-corrected chi connectivity index (χ0v) is 15.7. The number of Topliss-reactive ketones (excluding diaryl/α,β-unsaturated/α-hetero) is 1. The largest absolute Gasteiger partial charge is 0.453 e. The van der Waals surface area contributed by atoms with E-state index in [9.17, 15) is 24.5 Å². The fourth-order valence-corrected chi connectivity index (χ4v) is 3.03. The molecule has 0 saturated heterocycles. The van der Waals surface area contributed by atoms with Crippen molar-refractivity contribution in [2.45, 2.75) is 25.9 Å². The van der Waals surface area contributed by atoms with Crippen molar-refractivity contribution in [3.63, 3.8) is 0 Å². The number of nitrogens with one attached hydrogen (secondary N) is 1. The Morgan fingerprint density at radius 3 is 2.41 bits per heavy atom. The minimum absolute atomic E-state index is 0.0492. The van der Waals surface area contributed by atoms with Crippen molar-refractivity contribution in [2.75, 3.05) is 5.32 Å². The predicted molar refractivity (Wildman–Crippen MR) is 100 cm³/mol. The summed E-state index contributed by atoms with van der Waals surface area (Å²) in [5, 5.41) is 13.1. The molecule has 8 nitrogen and oxygen atoms in total. The van der Waals surface area contributed by atoms with Crippen LogP contribution in [0.25, 0.3) is 0 Å². The van der Waals surface area contributed by atoms with Crippen molar-refractivity contribution >= 4 is 52.0 Å². The highest BCUT2D eigenvalue weighted by Gasteiger charge is 2.19. The van der Waals surface area contributed by atoms with Crippen LogP contribution in [0.4, 0.5) is 11.4 Å². The molecule has 0 bridgehead atoms. The van der Waals surface area contributed by atoms with Gasteiger partial charge in [-0.3, -0.25) is 24.5 Å². The van der Waals surface area contributed by atoms with E-state index in [1.165, 1.54) is 31.2 Å². The number of hydrogen-bond acceptors (Lipinski definition) is 7. The van der Waals surface area contributed by atoms with E-state index in [1.54, 1.807) is 12.1 Å². The van der Waals surface area contributed by atoms with Gasteiger partial charge >= 0.3 is 5.97 Å². The van der Waals surface area contributed by atoms with E-state index in [0.717, 1.165) is 11.3 Å². The number of halogens is 1. The number of benzene rings is 1. The van der Waals surface area contributed by atoms with Gasteiger partial charge in [0.15, 0.2) is 11.9 Å². The van der Waals surface area contributed by atoms with E-state index in [0.29, 0.717) is 14.9 Å². The van der Waals surface area contributed by atoms with Gasteiger partial charge in [0.2, 0.25) is 0 Å². The van der Waals surface area contributed by atoms with Crippen LogP contribution in [0.15, 0.2) is 36.4 Å². The Balaban J connectivity index is 1.80. The first-order chi connectivity index (χ1) is 12.8. The second-order valence-corrected chi connectivity index (χ2v) is 7.17. The molecule has 1 aromatic carbocycles. The summed E-state index contributed by atoms with van der Waals surface area (Å²) in [5.74, 6) is -1.50. The monoisotopic (exact) mass is 410 g/mol. The Labute approximate surface area is 163 Å². The van der Waals surface area contributed by atoms with Gasteiger partial charge in [-0.15, -0.1) is 11.3 Å². The lowest BCUT2D eigenvalue weighted by Gasteiger charge is -2.13. The van der Waals surface area contributed by atoms with Crippen LogP contribution in [0.1, 0.15) is 29.4 Å². The van der Waals surface area contributed by atoms with Crippen molar-refractivity contribution in [2.24, 2.45) is 0 Å². The maximum absolute atomic E-state index is 12.0. The van der Waals surface area contributed by atoms with Crippen LogP contribution < -0.4 is 5.32 Å². The molecule has 0 spiro atoms. The average molecular weight is 411 g/mol. The number of amides is 1. The minimum Gasteiger partial charge on any atom is -0.453 e. The van der Waals surface area contributed by atoms with Gasteiger partial charge in [-0.05, 0) is 31.2 Å². The van der Waals surface area contributed by atoms with Crippen LogP contribution in [0.5, 0.6) is 0 Å². The number of anilines is 1. The van der Waals surface area contributed by atoms with Crippen LogP contribution in [-0.2, 0) is 14.3 Å². The molecule has 2 rings (SSSR count). The molecule has 1 heterocycles. The second-order valence-electron chi connectivity index (χ2n) is 5.45. The average Bonchev–Trinajstić information content (AvgIpc) is 3.06. The Morgan fingerprint density at radius 1 is 1.19 bits per heavy atom. The first kappa shape index (κ1) is 20.5. The number of hydrogen-bond donors (Lipinski definition) is 1. The number of nitro benzene ring substituents is 1. The zero-order valence-electron chi connectivity index (χ0n) is 14.1. The van der Waals surface area contributed by atoms with Gasteiger partial charge in [0.25, 0.3) is 11.6 Å². The smallest absolute Gasteiger partial charge is 0.307 e. The molecule has 27 heavy (non-hydrogen) atoms. The highest BCUT2D eigenvalue weighted by molar-refractivity contribution is 7.18. The van der Waals surface area contributed by atoms with E-state index in [-0.39, 0.29) is 24.3 Å². The third-order valence-corrected chi connectivity index (χ3v) is 4.70. The first-order valence-electron chi connectivity index (χ1n) is 7.79. The summed E-state index contributed by atoms with van der Waals surface area (Å²) in [6.07, 6.45) is -1.30. The summed E-state index contributed by atoms with van der Waals surface area (Å²) >= 11 is 6.89. The number of ether oxygens (including phenoxy) is 1. The van der Waals surface area contributed by atoms with Crippen LogP contribution in [-0.4, -0.2) is 28.7 Å². The van der Waals surface area contributed by atoms with Gasteiger partial charge in [-0.1, -0.05) is 11.6 Å². The Hall–Kier alpha value is -2.78. The van der Waals surface area contributed by atoms with E-state index >= 15 is 0 Å². The molecular weight excluding hydrogens is 396 g/mol. The Bertz CT molecular complexity index is 865. The normalized spacial score (nSPS) is 11.5. The number of nitro groups is 1. The molecule has 0 aliphatic heterocycles. The molecule has 142 valence electrons. The van der Waals surface area contributed by atoms with Crippen molar-refractivity contribution in [1.82, 2.24) is 0 Å². The number of non-ortho nitro benzene ring substituents is 1. The summed E-state index contributed by atoms with van der Waals surface area (Å²) < 4.78 is 5.49. The van der Waals surface area contributed by atoms with Gasteiger partial charge in [-0.25, -0.2) is 0 Å². The SMILES string of the molecule is CC(OC(=O)CCC(=O)c1ccc(Cl)s1)C(=O)Nc1ccc([N+](=O)[O-])cc1. The Morgan fingerprint density at radius 2 is 1.85 bits per heavy atom.